The van der Waals surface area contributed by atoms with Crippen molar-refractivity contribution in [2.75, 3.05) is 26.4 Å². The predicted molar refractivity (Wildman–Crippen MR) is 93.4 cm³/mol. The average Bonchev–Trinajstić information content (AvgIpc) is 2.46. The summed E-state index contributed by atoms with van der Waals surface area (Å²) in [6.45, 7) is 0.736. The minimum Gasteiger partial charge on any atom is -0.394 e. The van der Waals surface area contributed by atoms with Crippen LogP contribution in [0.4, 0.5) is 0 Å². The van der Waals surface area contributed by atoms with Crippen LogP contribution in [0.3, 0.4) is 0 Å². The smallest absolute Gasteiger partial charge is 0.251 e. The van der Waals surface area contributed by atoms with E-state index in [0.717, 1.165) is 0 Å². The second-order valence-electron chi connectivity index (χ2n) is 4.07. The van der Waals surface area contributed by atoms with E-state index >= 15 is 0 Å². The normalized spacial score (nSPS) is 12.2. The molecule has 0 radical (unpaired) electrons. The van der Waals surface area contributed by atoms with Crippen LogP contribution in [0, 0.1) is 0 Å². The highest BCUT2D eigenvalue weighted by Gasteiger charge is 2.37. The molecule has 2 N–H and O–H groups in total. The molecule has 0 aromatic heterocycles. The molecule has 124 valence electrons. The molecule has 10 heteroatoms. The van der Waals surface area contributed by atoms with Crippen LogP contribution in [-0.4, -0.2) is 47.3 Å². The highest BCUT2D eigenvalue weighted by molar-refractivity contribution is 9.42. The second-order valence-corrected chi connectivity index (χ2v) is 14.5. The highest BCUT2D eigenvalue weighted by atomic mass is 80.0. The number of rotatable bonds is 7. The summed E-state index contributed by atoms with van der Waals surface area (Å²) in [6.07, 6.45) is 0. The van der Waals surface area contributed by atoms with Crippen molar-refractivity contribution < 1.29 is 23.1 Å². The molecule has 6 nitrogen and oxygen atoms in total. The summed E-state index contributed by atoms with van der Waals surface area (Å²) >= 11 is 8.92. The minimum atomic E-state index is -3.67. The van der Waals surface area contributed by atoms with Gasteiger partial charge in [0.05, 0.1) is 24.7 Å². The van der Waals surface area contributed by atoms with E-state index in [1.165, 1.54) is 24.3 Å². The maximum absolute atomic E-state index is 12.1. The van der Waals surface area contributed by atoms with Gasteiger partial charge in [-0.3, -0.25) is 4.79 Å². The van der Waals surface area contributed by atoms with Crippen molar-refractivity contribution in [1.82, 2.24) is 5.32 Å². The van der Waals surface area contributed by atoms with E-state index in [9.17, 15) is 13.2 Å². The first-order chi connectivity index (χ1) is 10.2. The van der Waals surface area contributed by atoms with Gasteiger partial charge in [0.15, 0.2) is 0 Å². The predicted octanol–water partition coefficient (Wildman–Crippen LogP) is 2.00. The van der Waals surface area contributed by atoms with Crippen molar-refractivity contribution in [3.05, 3.63) is 29.8 Å². The zero-order chi connectivity index (χ0) is 16.8. The monoisotopic (exact) mass is 521 g/mol. The van der Waals surface area contributed by atoms with E-state index in [1.807, 2.05) is 0 Å². The van der Waals surface area contributed by atoms with Gasteiger partial charge in [0.25, 0.3) is 5.91 Å². The Hall–Kier alpha value is 0. The Kier molecular flexibility index (Phi) is 7.96. The average molecular weight is 524 g/mol. The van der Waals surface area contributed by atoms with Crippen LogP contribution in [0.25, 0.3) is 0 Å². The molecule has 0 aliphatic rings. The number of nitrogens with one attached hydrogen (secondary N) is 1. The molecule has 0 spiro atoms. The summed E-state index contributed by atoms with van der Waals surface area (Å²) in [6, 6.07) is 5.56. The fourth-order valence-electron chi connectivity index (χ4n) is 1.42. The number of aliphatic hydroxyl groups excluding tert-OH is 1. The van der Waals surface area contributed by atoms with Crippen LogP contribution in [0.2, 0.25) is 0 Å². The largest absolute Gasteiger partial charge is 0.394 e. The van der Waals surface area contributed by atoms with Crippen LogP contribution < -0.4 is 5.32 Å². The number of hydrogen-bond acceptors (Lipinski definition) is 5. The Morgan fingerprint density at radius 3 is 2.27 bits per heavy atom. The van der Waals surface area contributed by atoms with E-state index in [2.05, 4.69) is 53.1 Å². The summed E-state index contributed by atoms with van der Waals surface area (Å²) in [7, 11) is -3.67. The fourth-order valence-corrected chi connectivity index (χ4v) is 3.87. The lowest BCUT2D eigenvalue weighted by molar-refractivity contribution is 0.0838. The summed E-state index contributed by atoms with van der Waals surface area (Å²) in [5.74, 6) is -0.334. The molecular formula is C12H14Br3NO5S. The number of aliphatic hydroxyl groups is 1. The molecule has 22 heavy (non-hydrogen) atoms. The summed E-state index contributed by atoms with van der Waals surface area (Å²) in [5.41, 5.74) is 0.338. The number of alkyl halides is 3. The van der Waals surface area contributed by atoms with Crippen molar-refractivity contribution in [2.24, 2.45) is 0 Å². The lowest BCUT2D eigenvalue weighted by atomic mass is 10.2. The molecule has 0 aliphatic heterocycles. The first-order valence-corrected chi connectivity index (χ1v) is 9.94. The maximum Gasteiger partial charge on any atom is 0.251 e. The van der Waals surface area contributed by atoms with E-state index in [0.29, 0.717) is 12.1 Å². The quantitative estimate of drug-likeness (QED) is 0.421. The number of amides is 1. The summed E-state index contributed by atoms with van der Waals surface area (Å²) < 4.78 is 27.8. The molecule has 0 bridgehead atoms. The van der Waals surface area contributed by atoms with Crippen LogP contribution in [0.5, 0.6) is 0 Å². The molecule has 0 atom stereocenters. The second kappa shape index (κ2) is 8.74. The minimum absolute atomic E-state index is 0.0564. The molecule has 0 heterocycles. The van der Waals surface area contributed by atoms with Crippen molar-refractivity contribution in [1.29, 1.82) is 0 Å². The van der Waals surface area contributed by atoms with Crippen molar-refractivity contribution in [3.8, 4) is 0 Å². The molecule has 0 saturated heterocycles. The Morgan fingerprint density at radius 2 is 1.77 bits per heavy atom. The molecule has 1 aromatic carbocycles. The lowest BCUT2D eigenvalue weighted by Crippen LogP contribution is -2.27. The number of carbonyl (C=O) groups is 1. The van der Waals surface area contributed by atoms with Crippen LogP contribution in [0.1, 0.15) is 10.4 Å². The third-order valence-electron chi connectivity index (χ3n) is 2.50. The summed E-state index contributed by atoms with van der Waals surface area (Å²) in [4.78, 5) is 11.9. The van der Waals surface area contributed by atoms with E-state index in [1.54, 1.807) is 0 Å². The first kappa shape index (κ1) is 20.0. The standard InChI is InChI=1S/C12H14Br3NO5S/c13-12(14,15)22(19,20)10-3-1-9(2-4-10)11(18)16-5-7-21-8-6-17/h1-4,17H,5-8H2,(H,16,18). The molecule has 0 saturated carbocycles. The SMILES string of the molecule is O=C(NCCOCCO)c1ccc(S(=O)(=O)C(Br)(Br)Br)cc1. The van der Waals surface area contributed by atoms with Crippen molar-refractivity contribution in [2.45, 2.75) is 6.37 Å². The van der Waals surface area contributed by atoms with Gasteiger partial charge in [-0.05, 0) is 72.1 Å². The number of sulfone groups is 1. The zero-order valence-electron chi connectivity index (χ0n) is 11.3. The third kappa shape index (κ3) is 5.57. The topological polar surface area (TPSA) is 92.7 Å². The zero-order valence-corrected chi connectivity index (χ0v) is 16.8. The molecule has 1 aromatic rings. The Bertz CT molecular complexity index is 598. The Morgan fingerprint density at radius 1 is 1.18 bits per heavy atom. The highest BCUT2D eigenvalue weighted by Crippen LogP contribution is 2.43. The van der Waals surface area contributed by atoms with Gasteiger partial charge < -0.3 is 15.2 Å². The third-order valence-corrected chi connectivity index (χ3v) is 7.84. The number of halogens is 3. The molecular weight excluding hydrogens is 510 g/mol. The van der Waals surface area contributed by atoms with Gasteiger partial charge in [-0.1, -0.05) is 0 Å². The molecule has 1 rings (SSSR count). The van der Waals surface area contributed by atoms with Gasteiger partial charge in [0, 0.05) is 12.1 Å². The number of benzene rings is 1. The molecule has 1 amide bonds. The van der Waals surface area contributed by atoms with Gasteiger partial charge in [-0.15, -0.1) is 0 Å². The molecule has 0 unspecified atom stereocenters. The van der Waals surface area contributed by atoms with Gasteiger partial charge >= 0.3 is 0 Å². The van der Waals surface area contributed by atoms with Crippen LogP contribution >= 0.6 is 47.8 Å². The van der Waals surface area contributed by atoms with Crippen molar-refractivity contribution >= 4 is 63.5 Å². The van der Waals surface area contributed by atoms with Gasteiger partial charge in [0.1, 0.15) is 0 Å². The van der Waals surface area contributed by atoms with E-state index < -0.39 is 11.3 Å². The van der Waals surface area contributed by atoms with Crippen molar-refractivity contribution in [3.63, 3.8) is 0 Å². The van der Waals surface area contributed by atoms with Gasteiger partial charge in [-0.25, -0.2) is 8.42 Å². The van der Waals surface area contributed by atoms with Crippen LogP contribution in [-0.2, 0) is 14.6 Å². The van der Waals surface area contributed by atoms with E-state index in [4.69, 9.17) is 9.84 Å². The Labute approximate surface area is 153 Å². The van der Waals surface area contributed by atoms with Gasteiger partial charge in [-0.2, -0.15) is 0 Å². The number of hydrogen-bond donors (Lipinski definition) is 2. The number of carbonyl (C=O) groups excluding carboxylic acids is 1. The van der Waals surface area contributed by atoms with Crippen LogP contribution in [0.15, 0.2) is 29.2 Å². The Balaban J connectivity index is 2.67. The fraction of sp³-hybridized carbons (Fsp3) is 0.417. The number of ether oxygens (including phenoxy) is 1. The van der Waals surface area contributed by atoms with Gasteiger partial charge in [0.2, 0.25) is 11.3 Å². The maximum atomic E-state index is 12.1. The van der Waals surface area contributed by atoms with E-state index in [-0.39, 0.29) is 30.6 Å². The summed E-state index contributed by atoms with van der Waals surface area (Å²) in [5, 5.41) is 11.2. The first-order valence-electron chi connectivity index (χ1n) is 6.08. The molecule has 0 fully saturated rings. The lowest BCUT2D eigenvalue weighted by Gasteiger charge is -2.13. The molecule has 0 aliphatic carbocycles.